The Labute approximate surface area is 157 Å². The zero-order valence-electron chi connectivity index (χ0n) is 15.6. The van der Waals surface area contributed by atoms with Crippen molar-refractivity contribution in [2.75, 3.05) is 38.7 Å². The highest BCUT2D eigenvalue weighted by Crippen LogP contribution is 2.30. The van der Waals surface area contributed by atoms with Gasteiger partial charge in [-0.1, -0.05) is 0 Å². The van der Waals surface area contributed by atoms with Crippen LogP contribution >= 0.6 is 0 Å². The second-order valence-corrected chi connectivity index (χ2v) is 6.79. The van der Waals surface area contributed by atoms with Crippen LogP contribution in [0.15, 0.2) is 18.2 Å². The van der Waals surface area contributed by atoms with Crippen LogP contribution in [0.5, 0.6) is 5.75 Å². The molecule has 3 rings (SSSR count). The van der Waals surface area contributed by atoms with Crippen LogP contribution in [0.4, 0.5) is 11.4 Å². The van der Waals surface area contributed by atoms with Crippen molar-refractivity contribution >= 4 is 17.3 Å². The number of piperidine rings is 1. The number of nitro groups is 1. The van der Waals surface area contributed by atoms with Crippen LogP contribution in [0, 0.1) is 16.0 Å². The SMILES string of the molecule is COc1ccc(NC(=O)C(C)N2CCC(C3OCCO3)CC2)c([N+](=O)[O-])c1. The van der Waals surface area contributed by atoms with E-state index in [0.29, 0.717) is 24.9 Å². The molecule has 2 aliphatic rings. The number of anilines is 1. The van der Waals surface area contributed by atoms with Crippen LogP contribution in [0.1, 0.15) is 19.8 Å². The Morgan fingerprint density at radius 1 is 1.33 bits per heavy atom. The maximum Gasteiger partial charge on any atom is 0.296 e. The van der Waals surface area contributed by atoms with Gasteiger partial charge in [0.05, 0.1) is 37.4 Å². The number of nitrogens with zero attached hydrogens (tertiary/aromatic N) is 2. The molecule has 2 fully saturated rings. The highest BCUT2D eigenvalue weighted by molar-refractivity contribution is 5.96. The second-order valence-electron chi connectivity index (χ2n) is 6.79. The average Bonchev–Trinajstić information content (AvgIpc) is 3.22. The summed E-state index contributed by atoms with van der Waals surface area (Å²) in [4.78, 5) is 25.4. The Hall–Kier alpha value is -2.23. The Kier molecular flexibility index (Phi) is 6.25. The van der Waals surface area contributed by atoms with E-state index < -0.39 is 11.0 Å². The van der Waals surface area contributed by atoms with Crippen molar-refractivity contribution in [2.45, 2.75) is 32.1 Å². The molecule has 2 aliphatic heterocycles. The van der Waals surface area contributed by atoms with Crippen LogP contribution in [0.2, 0.25) is 0 Å². The van der Waals surface area contributed by atoms with Crippen molar-refractivity contribution in [1.82, 2.24) is 4.90 Å². The third kappa shape index (κ3) is 4.55. The molecule has 0 aromatic heterocycles. The third-order valence-electron chi connectivity index (χ3n) is 5.19. The highest BCUT2D eigenvalue weighted by atomic mass is 16.7. The molecule has 0 spiro atoms. The summed E-state index contributed by atoms with van der Waals surface area (Å²) >= 11 is 0. The van der Waals surface area contributed by atoms with Crippen molar-refractivity contribution in [2.24, 2.45) is 5.92 Å². The molecule has 1 amide bonds. The van der Waals surface area contributed by atoms with Crippen molar-refractivity contribution < 1.29 is 23.9 Å². The summed E-state index contributed by atoms with van der Waals surface area (Å²) < 4.78 is 16.2. The first-order chi connectivity index (χ1) is 13.0. The summed E-state index contributed by atoms with van der Waals surface area (Å²) in [5.41, 5.74) is -0.0237. The number of hydrogen-bond donors (Lipinski definition) is 1. The first kappa shape index (κ1) is 19.5. The predicted molar refractivity (Wildman–Crippen MR) is 97.7 cm³/mol. The number of carbonyl (C=O) groups is 1. The molecule has 0 aliphatic carbocycles. The normalized spacial score (nSPS) is 20.4. The minimum absolute atomic E-state index is 0.127. The second kappa shape index (κ2) is 8.64. The van der Waals surface area contributed by atoms with E-state index in [1.165, 1.54) is 19.2 Å². The molecular formula is C18H25N3O6. The van der Waals surface area contributed by atoms with Gasteiger partial charge >= 0.3 is 0 Å². The quantitative estimate of drug-likeness (QED) is 0.596. The zero-order valence-corrected chi connectivity index (χ0v) is 15.6. The van der Waals surface area contributed by atoms with Gasteiger partial charge in [-0.25, -0.2) is 0 Å². The summed E-state index contributed by atoms with van der Waals surface area (Å²) in [6.07, 6.45) is 1.66. The van der Waals surface area contributed by atoms with Crippen LogP contribution in [0.3, 0.4) is 0 Å². The average molecular weight is 379 g/mol. The summed E-state index contributed by atoms with van der Waals surface area (Å²) in [5, 5.41) is 13.9. The summed E-state index contributed by atoms with van der Waals surface area (Å²) in [5.74, 6) is 0.447. The van der Waals surface area contributed by atoms with Crippen molar-refractivity contribution in [1.29, 1.82) is 0 Å². The Morgan fingerprint density at radius 3 is 2.59 bits per heavy atom. The fourth-order valence-electron chi connectivity index (χ4n) is 3.53. The number of benzene rings is 1. The number of nitro benzene ring substituents is 1. The van der Waals surface area contributed by atoms with E-state index in [1.807, 2.05) is 6.92 Å². The number of hydrogen-bond acceptors (Lipinski definition) is 7. The van der Waals surface area contributed by atoms with E-state index in [9.17, 15) is 14.9 Å². The van der Waals surface area contributed by atoms with Crippen LogP contribution in [-0.4, -0.2) is 61.5 Å². The third-order valence-corrected chi connectivity index (χ3v) is 5.19. The Bertz CT molecular complexity index is 684. The molecule has 148 valence electrons. The first-order valence-electron chi connectivity index (χ1n) is 9.10. The van der Waals surface area contributed by atoms with Crippen LogP contribution < -0.4 is 10.1 Å². The van der Waals surface area contributed by atoms with Gasteiger partial charge < -0.3 is 19.5 Å². The smallest absolute Gasteiger partial charge is 0.296 e. The van der Waals surface area contributed by atoms with E-state index in [0.717, 1.165) is 25.9 Å². The Morgan fingerprint density at radius 2 is 2.00 bits per heavy atom. The number of likely N-dealkylation sites (tertiary alicyclic amines) is 1. The number of methoxy groups -OCH3 is 1. The predicted octanol–water partition coefficient (Wildman–Crippen LogP) is 2.02. The largest absolute Gasteiger partial charge is 0.496 e. The van der Waals surface area contributed by atoms with Gasteiger partial charge in [-0.15, -0.1) is 0 Å². The minimum atomic E-state index is -0.532. The van der Waals surface area contributed by atoms with Gasteiger partial charge in [0.1, 0.15) is 11.4 Å². The number of rotatable bonds is 6. The topological polar surface area (TPSA) is 103 Å². The summed E-state index contributed by atoms with van der Waals surface area (Å²) in [7, 11) is 1.44. The molecule has 1 atom stereocenters. The van der Waals surface area contributed by atoms with Gasteiger partial charge in [-0.3, -0.25) is 19.8 Å². The molecular weight excluding hydrogens is 354 g/mol. The fraction of sp³-hybridized carbons (Fsp3) is 0.611. The molecule has 2 heterocycles. The molecule has 0 bridgehead atoms. The van der Waals surface area contributed by atoms with E-state index in [2.05, 4.69) is 10.2 Å². The minimum Gasteiger partial charge on any atom is -0.496 e. The lowest BCUT2D eigenvalue weighted by Gasteiger charge is -2.36. The first-order valence-corrected chi connectivity index (χ1v) is 9.10. The highest BCUT2D eigenvalue weighted by Gasteiger charge is 2.33. The van der Waals surface area contributed by atoms with Gasteiger partial charge in [0, 0.05) is 5.92 Å². The van der Waals surface area contributed by atoms with Gasteiger partial charge in [0.15, 0.2) is 6.29 Å². The van der Waals surface area contributed by atoms with Crippen LogP contribution in [-0.2, 0) is 14.3 Å². The number of ether oxygens (including phenoxy) is 3. The lowest BCUT2D eigenvalue weighted by molar-refractivity contribution is -0.384. The van der Waals surface area contributed by atoms with Gasteiger partial charge in [0.2, 0.25) is 5.91 Å². The van der Waals surface area contributed by atoms with Crippen molar-refractivity contribution in [3.8, 4) is 5.75 Å². The maximum atomic E-state index is 12.6. The van der Waals surface area contributed by atoms with Crippen molar-refractivity contribution in [3.63, 3.8) is 0 Å². The molecule has 2 saturated heterocycles. The molecule has 9 heteroatoms. The van der Waals surface area contributed by atoms with Crippen molar-refractivity contribution in [3.05, 3.63) is 28.3 Å². The zero-order chi connectivity index (χ0) is 19.4. The lowest BCUT2D eigenvalue weighted by Crippen LogP contribution is -2.47. The Balaban J connectivity index is 1.59. The standard InChI is InChI=1S/C18H25N3O6/c1-12(20-7-5-13(6-8-20)18-26-9-10-27-18)17(22)19-15-4-3-14(25-2)11-16(15)21(23)24/h3-4,11-13,18H,5-10H2,1-2H3,(H,19,22). The molecule has 0 saturated carbocycles. The molecule has 9 nitrogen and oxygen atoms in total. The van der Waals surface area contributed by atoms with Gasteiger partial charge in [-0.2, -0.15) is 0 Å². The monoisotopic (exact) mass is 379 g/mol. The van der Waals surface area contributed by atoms with Gasteiger partial charge in [-0.05, 0) is 45.0 Å². The lowest BCUT2D eigenvalue weighted by atomic mass is 9.95. The van der Waals surface area contributed by atoms with E-state index in [4.69, 9.17) is 14.2 Å². The molecule has 1 unspecified atom stereocenters. The van der Waals surface area contributed by atoms with E-state index >= 15 is 0 Å². The molecule has 1 N–H and O–H groups in total. The van der Waals surface area contributed by atoms with E-state index in [1.54, 1.807) is 6.07 Å². The molecule has 0 radical (unpaired) electrons. The number of carbonyl (C=O) groups excluding carboxylic acids is 1. The molecule has 1 aromatic carbocycles. The summed E-state index contributed by atoms with van der Waals surface area (Å²) in [6, 6.07) is 3.98. The van der Waals surface area contributed by atoms with Crippen LogP contribution in [0.25, 0.3) is 0 Å². The molecule has 27 heavy (non-hydrogen) atoms. The molecule has 1 aromatic rings. The fourth-order valence-corrected chi connectivity index (χ4v) is 3.53. The van der Waals surface area contributed by atoms with E-state index in [-0.39, 0.29) is 23.6 Å². The number of nitrogens with one attached hydrogen (secondary N) is 1. The van der Waals surface area contributed by atoms with Gasteiger partial charge in [0.25, 0.3) is 5.69 Å². The maximum absolute atomic E-state index is 12.6. The summed E-state index contributed by atoms with van der Waals surface area (Å²) in [6.45, 7) is 4.61. The number of amides is 1.